The highest BCUT2D eigenvalue weighted by atomic mass is 16.3. The van der Waals surface area contributed by atoms with Crippen LogP contribution in [0.5, 0.6) is 0 Å². The molecule has 0 saturated heterocycles. The Labute approximate surface area is 73.3 Å². The van der Waals surface area contributed by atoms with Crippen molar-refractivity contribution >= 4 is 0 Å². The third kappa shape index (κ3) is 3.39. The summed E-state index contributed by atoms with van der Waals surface area (Å²) in [4.78, 5) is 0. The SMILES string of the molecule is OCCC1/C=C/C=C\C=C\NC1. The summed E-state index contributed by atoms with van der Waals surface area (Å²) in [7, 11) is 0. The molecule has 0 aromatic rings. The molecule has 0 bridgehead atoms. The van der Waals surface area contributed by atoms with E-state index in [-0.39, 0.29) is 6.61 Å². The van der Waals surface area contributed by atoms with Crippen LogP contribution in [0.15, 0.2) is 36.6 Å². The van der Waals surface area contributed by atoms with Gasteiger partial charge in [-0.25, -0.2) is 0 Å². The lowest BCUT2D eigenvalue weighted by Crippen LogP contribution is -2.17. The first-order valence-electron chi connectivity index (χ1n) is 4.27. The van der Waals surface area contributed by atoms with Crippen molar-refractivity contribution in [3.8, 4) is 0 Å². The summed E-state index contributed by atoms with van der Waals surface area (Å²) in [5.41, 5.74) is 0. The highest BCUT2D eigenvalue weighted by Crippen LogP contribution is 2.04. The van der Waals surface area contributed by atoms with E-state index in [2.05, 4.69) is 11.4 Å². The molecule has 2 heteroatoms. The fourth-order valence-corrected chi connectivity index (χ4v) is 1.12. The van der Waals surface area contributed by atoms with Crippen molar-refractivity contribution in [1.29, 1.82) is 0 Å². The van der Waals surface area contributed by atoms with Gasteiger partial charge in [-0.2, -0.15) is 0 Å². The van der Waals surface area contributed by atoms with Gasteiger partial charge in [0.1, 0.15) is 0 Å². The molecule has 12 heavy (non-hydrogen) atoms. The molecular formula is C10H15NO. The number of hydrogen-bond donors (Lipinski definition) is 2. The van der Waals surface area contributed by atoms with E-state index in [0.29, 0.717) is 5.92 Å². The third-order valence-electron chi connectivity index (χ3n) is 1.81. The molecule has 0 saturated carbocycles. The van der Waals surface area contributed by atoms with Crippen LogP contribution in [-0.2, 0) is 0 Å². The molecule has 1 atom stereocenters. The van der Waals surface area contributed by atoms with Crippen LogP contribution in [0.25, 0.3) is 0 Å². The van der Waals surface area contributed by atoms with Gasteiger partial charge in [0.25, 0.3) is 0 Å². The summed E-state index contributed by atoms with van der Waals surface area (Å²) < 4.78 is 0. The van der Waals surface area contributed by atoms with Crippen molar-refractivity contribution in [2.45, 2.75) is 6.42 Å². The lowest BCUT2D eigenvalue weighted by atomic mass is 10.1. The Kier molecular flexibility index (Phi) is 4.24. The summed E-state index contributed by atoms with van der Waals surface area (Å²) in [5.74, 6) is 0.433. The van der Waals surface area contributed by atoms with E-state index >= 15 is 0 Å². The van der Waals surface area contributed by atoms with Crippen molar-refractivity contribution in [2.24, 2.45) is 5.92 Å². The molecule has 0 spiro atoms. The summed E-state index contributed by atoms with van der Waals surface area (Å²) in [5, 5.41) is 11.9. The van der Waals surface area contributed by atoms with Gasteiger partial charge in [0.2, 0.25) is 0 Å². The molecular weight excluding hydrogens is 150 g/mol. The molecule has 2 N–H and O–H groups in total. The Bertz CT molecular complexity index is 194. The number of rotatable bonds is 2. The van der Waals surface area contributed by atoms with Crippen LogP contribution >= 0.6 is 0 Å². The van der Waals surface area contributed by atoms with Crippen LogP contribution < -0.4 is 5.32 Å². The van der Waals surface area contributed by atoms with E-state index in [9.17, 15) is 0 Å². The highest BCUT2D eigenvalue weighted by Gasteiger charge is 2.01. The smallest absolute Gasteiger partial charge is 0.0437 e. The van der Waals surface area contributed by atoms with Gasteiger partial charge < -0.3 is 10.4 Å². The van der Waals surface area contributed by atoms with Gasteiger partial charge in [-0.3, -0.25) is 0 Å². The fourth-order valence-electron chi connectivity index (χ4n) is 1.12. The van der Waals surface area contributed by atoms with Crippen LogP contribution in [0, 0.1) is 5.92 Å². The minimum Gasteiger partial charge on any atom is -0.396 e. The lowest BCUT2D eigenvalue weighted by Gasteiger charge is -2.09. The molecule has 0 amide bonds. The van der Waals surface area contributed by atoms with Gasteiger partial charge in [0.05, 0.1) is 0 Å². The molecule has 1 aliphatic rings. The van der Waals surface area contributed by atoms with Gasteiger partial charge in [-0.05, 0) is 24.6 Å². The molecule has 0 aromatic carbocycles. The van der Waals surface area contributed by atoms with E-state index in [0.717, 1.165) is 13.0 Å². The Morgan fingerprint density at radius 2 is 2.08 bits per heavy atom. The number of aliphatic hydroxyl groups is 1. The average Bonchev–Trinajstić information content (AvgIpc) is 2.19. The second-order valence-corrected chi connectivity index (χ2v) is 2.81. The van der Waals surface area contributed by atoms with Crippen LogP contribution in [0.4, 0.5) is 0 Å². The number of aliphatic hydroxyl groups excluding tert-OH is 1. The summed E-state index contributed by atoms with van der Waals surface area (Å²) >= 11 is 0. The lowest BCUT2D eigenvalue weighted by molar-refractivity contribution is 0.269. The van der Waals surface area contributed by atoms with Crippen molar-refractivity contribution < 1.29 is 5.11 Å². The molecule has 0 aliphatic carbocycles. The van der Waals surface area contributed by atoms with E-state index in [4.69, 9.17) is 5.11 Å². The quantitative estimate of drug-likeness (QED) is 0.644. The summed E-state index contributed by atoms with van der Waals surface area (Å²) in [6, 6.07) is 0. The molecule has 1 aliphatic heterocycles. The maximum atomic E-state index is 8.75. The minimum atomic E-state index is 0.254. The first kappa shape index (κ1) is 9.07. The van der Waals surface area contributed by atoms with Crippen molar-refractivity contribution in [2.75, 3.05) is 13.2 Å². The largest absolute Gasteiger partial charge is 0.396 e. The Balaban J connectivity index is 2.47. The predicted octanol–water partition coefficient (Wildman–Crippen LogP) is 1.21. The summed E-state index contributed by atoms with van der Waals surface area (Å²) in [6.45, 7) is 1.15. The molecule has 2 nitrogen and oxygen atoms in total. The molecule has 1 heterocycles. The Morgan fingerprint density at radius 1 is 1.25 bits per heavy atom. The molecule has 0 fully saturated rings. The maximum absolute atomic E-state index is 8.75. The average molecular weight is 165 g/mol. The number of allylic oxidation sites excluding steroid dienone is 4. The van der Waals surface area contributed by atoms with Gasteiger partial charge in [0.15, 0.2) is 0 Å². The number of nitrogens with one attached hydrogen (secondary N) is 1. The first-order chi connectivity index (χ1) is 5.93. The molecule has 0 aromatic heterocycles. The van der Waals surface area contributed by atoms with Crippen LogP contribution in [0.3, 0.4) is 0 Å². The van der Waals surface area contributed by atoms with Crippen LogP contribution in [0.2, 0.25) is 0 Å². The van der Waals surface area contributed by atoms with Crippen molar-refractivity contribution in [3.05, 3.63) is 36.6 Å². The van der Waals surface area contributed by atoms with E-state index in [1.165, 1.54) is 0 Å². The van der Waals surface area contributed by atoms with Gasteiger partial charge in [-0.1, -0.05) is 24.3 Å². The van der Waals surface area contributed by atoms with Gasteiger partial charge in [0, 0.05) is 13.2 Å². The summed E-state index contributed by atoms with van der Waals surface area (Å²) in [6.07, 6.45) is 12.8. The van der Waals surface area contributed by atoms with Gasteiger partial charge >= 0.3 is 0 Å². The monoisotopic (exact) mass is 165 g/mol. The normalized spacial score (nSPS) is 30.6. The highest BCUT2D eigenvalue weighted by molar-refractivity contribution is 5.13. The molecule has 66 valence electrons. The topological polar surface area (TPSA) is 32.3 Å². The Hall–Kier alpha value is -1.02. The third-order valence-corrected chi connectivity index (χ3v) is 1.81. The zero-order valence-corrected chi connectivity index (χ0v) is 7.11. The van der Waals surface area contributed by atoms with Crippen LogP contribution in [-0.4, -0.2) is 18.3 Å². The zero-order valence-electron chi connectivity index (χ0n) is 7.11. The molecule has 1 unspecified atom stereocenters. The van der Waals surface area contributed by atoms with Crippen molar-refractivity contribution in [3.63, 3.8) is 0 Å². The minimum absolute atomic E-state index is 0.254. The molecule has 0 radical (unpaired) electrons. The van der Waals surface area contributed by atoms with Crippen LogP contribution in [0.1, 0.15) is 6.42 Å². The van der Waals surface area contributed by atoms with E-state index in [1.54, 1.807) is 0 Å². The maximum Gasteiger partial charge on any atom is 0.0437 e. The van der Waals surface area contributed by atoms with Gasteiger partial charge in [-0.15, -0.1) is 0 Å². The molecule has 1 rings (SSSR count). The second-order valence-electron chi connectivity index (χ2n) is 2.81. The first-order valence-corrected chi connectivity index (χ1v) is 4.27. The zero-order chi connectivity index (χ0) is 8.65. The fraction of sp³-hybridized carbons (Fsp3) is 0.400. The predicted molar refractivity (Wildman–Crippen MR) is 50.6 cm³/mol. The second kappa shape index (κ2) is 5.61. The van der Waals surface area contributed by atoms with E-state index < -0.39 is 0 Å². The standard InChI is InChI=1S/C10H15NO/c12-8-6-10-5-3-1-2-4-7-11-9-10/h1-5,7,10-12H,6,8-9H2/b2-1-,5-3+,7-4+. The Morgan fingerprint density at radius 3 is 2.92 bits per heavy atom. The number of hydrogen-bond acceptors (Lipinski definition) is 2. The van der Waals surface area contributed by atoms with E-state index in [1.807, 2.05) is 30.5 Å². The van der Waals surface area contributed by atoms with Crippen molar-refractivity contribution in [1.82, 2.24) is 5.32 Å².